The van der Waals surface area contributed by atoms with Gasteiger partial charge in [0.1, 0.15) is 12.4 Å². The van der Waals surface area contributed by atoms with Crippen molar-refractivity contribution in [3.8, 4) is 5.75 Å². The van der Waals surface area contributed by atoms with E-state index < -0.39 is 18.7 Å². The van der Waals surface area contributed by atoms with Crippen LogP contribution in [0.3, 0.4) is 0 Å². The van der Waals surface area contributed by atoms with Crippen molar-refractivity contribution in [2.45, 2.75) is 0 Å². The molecule has 0 heterocycles. The molecule has 0 spiro atoms. The summed E-state index contributed by atoms with van der Waals surface area (Å²) in [6.07, 6.45) is -1.07. The zero-order valence-corrected chi connectivity index (χ0v) is 7.14. The van der Waals surface area contributed by atoms with E-state index in [1.807, 2.05) is 0 Å². The van der Waals surface area contributed by atoms with Crippen molar-refractivity contribution in [1.82, 2.24) is 0 Å². The van der Waals surface area contributed by atoms with Gasteiger partial charge in [0.25, 0.3) is 0 Å². The van der Waals surface area contributed by atoms with Crippen molar-refractivity contribution in [2.75, 3.05) is 6.61 Å². The van der Waals surface area contributed by atoms with Crippen molar-refractivity contribution >= 4 is 12.1 Å². The first-order chi connectivity index (χ1) is 6.68. The molecule has 0 aliphatic rings. The van der Waals surface area contributed by atoms with Gasteiger partial charge in [-0.2, -0.15) is 0 Å². The summed E-state index contributed by atoms with van der Waals surface area (Å²) >= 11 is 0. The van der Waals surface area contributed by atoms with Crippen LogP contribution in [0.1, 0.15) is 0 Å². The number of hydrogen-bond acceptors (Lipinski definition) is 5. The first-order valence-corrected chi connectivity index (χ1v) is 3.78. The van der Waals surface area contributed by atoms with E-state index in [4.69, 9.17) is 0 Å². The molecule has 5 nitrogen and oxygen atoms in total. The van der Waals surface area contributed by atoms with Gasteiger partial charge >= 0.3 is 6.16 Å². The number of para-hydroxylation sites is 1. The number of hydrogen-bond donors (Lipinski definition) is 0. The van der Waals surface area contributed by atoms with E-state index in [0.717, 1.165) is 0 Å². The van der Waals surface area contributed by atoms with Crippen LogP contribution in [0.5, 0.6) is 5.75 Å². The number of carboxylic acids is 1. The molecule has 0 N–H and O–H groups in total. The first-order valence-electron chi connectivity index (χ1n) is 3.78. The third-order valence-electron chi connectivity index (χ3n) is 1.25. The quantitative estimate of drug-likeness (QED) is 0.499. The standard InChI is InChI=1S/C9H8O5/c10-8(11)6-13-9(12)14-7-4-2-1-3-5-7/h1-5H,6H2,(H,10,11)/p-1. The summed E-state index contributed by atoms with van der Waals surface area (Å²) in [5.41, 5.74) is 0. The van der Waals surface area contributed by atoms with Gasteiger partial charge in [-0.1, -0.05) is 18.2 Å². The molecule has 0 unspecified atom stereocenters. The second-order valence-electron chi connectivity index (χ2n) is 2.33. The van der Waals surface area contributed by atoms with Crippen LogP contribution in [0.15, 0.2) is 30.3 Å². The zero-order valence-electron chi connectivity index (χ0n) is 7.14. The summed E-state index contributed by atoms with van der Waals surface area (Å²) in [7, 11) is 0. The van der Waals surface area contributed by atoms with Crippen LogP contribution in [0.2, 0.25) is 0 Å². The van der Waals surface area contributed by atoms with Crippen LogP contribution in [0, 0.1) is 0 Å². The van der Waals surface area contributed by atoms with Crippen LogP contribution < -0.4 is 9.84 Å². The van der Waals surface area contributed by atoms with Crippen LogP contribution >= 0.6 is 0 Å². The molecule has 74 valence electrons. The fourth-order valence-corrected chi connectivity index (χ4v) is 0.732. The zero-order chi connectivity index (χ0) is 10.4. The van der Waals surface area contributed by atoms with Crippen LogP contribution in [0.4, 0.5) is 4.79 Å². The number of carbonyl (C=O) groups is 2. The van der Waals surface area contributed by atoms with E-state index in [9.17, 15) is 14.7 Å². The monoisotopic (exact) mass is 195 g/mol. The lowest BCUT2D eigenvalue weighted by Crippen LogP contribution is -2.29. The van der Waals surface area contributed by atoms with Gasteiger partial charge < -0.3 is 19.4 Å². The molecule has 0 aromatic heterocycles. The maximum Gasteiger partial charge on any atom is 0.514 e. The van der Waals surface area contributed by atoms with Crippen LogP contribution in [-0.4, -0.2) is 18.7 Å². The Hall–Kier alpha value is -2.04. The molecule has 0 aliphatic heterocycles. The van der Waals surface area contributed by atoms with Gasteiger partial charge in [-0.05, 0) is 12.1 Å². The third kappa shape index (κ3) is 3.57. The smallest absolute Gasteiger partial charge is 0.514 e. The van der Waals surface area contributed by atoms with Crippen LogP contribution in [0.25, 0.3) is 0 Å². The molecule has 0 aliphatic carbocycles. The van der Waals surface area contributed by atoms with Crippen molar-refractivity contribution in [2.24, 2.45) is 0 Å². The van der Waals surface area contributed by atoms with E-state index in [1.165, 1.54) is 0 Å². The van der Waals surface area contributed by atoms with Crippen molar-refractivity contribution < 1.29 is 24.2 Å². The lowest BCUT2D eigenvalue weighted by molar-refractivity contribution is -0.308. The number of rotatable bonds is 3. The summed E-state index contributed by atoms with van der Waals surface area (Å²) in [6, 6.07) is 8.17. The van der Waals surface area contributed by atoms with Gasteiger partial charge in [-0.3, -0.25) is 0 Å². The molecule has 0 amide bonds. The van der Waals surface area contributed by atoms with Gasteiger partial charge in [0.2, 0.25) is 0 Å². The summed E-state index contributed by atoms with van der Waals surface area (Å²) < 4.78 is 8.80. The van der Waals surface area contributed by atoms with Crippen molar-refractivity contribution in [3.05, 3.63) is 30.3 Å². The predicted molar refractivity (Wildman–Crippen MR) is 43.4 cm³/mol. The maximum atomic E-state index is 10.8. The highest BCUT2D eigenvalue weighted by Crippen LogP contribution is 2.08. The van der Waals surface area contributed by atoms with E-state index in [1.54, 1.807) is 30.3 Å². The molecular weight excluding hydrogens is 188 g/mol. The molecule has 5 heteroatoms. The highest BCUT2D eigenvalue weighted by atomic mass is 16.7. The molecule has 1 aromatic rings. The summed E-state index contributed by atoms with van der Waals surface area (Å²) in [6.45, 7) is -0.814. The minimum atomic E-state index is -1.48. The Morgan fingerprint density at radius 1 is 1.21 bits per heavy atom. The Balaban J connectivity index is 2.38. The van der Waals surface area contributed by atoms with Gasteiger partial charge in [0.05, 0.1) is 5.97 Å². The second-order valence-corrected chi connectivity index (χ2v) is 2.33. The summed E-state index contributed by atoms with van der Waals surface area (Å²) in [5.74, 6) is -1.19. The first kappa shape index (κ1) is 10.0. The highest BCUT2D eigenvalue weighted by molar-refractivity contribution is 5.71. The molecule has 0 radical (unpaired) electrons. The normalized spacial score (nSPS) is 9.14. The molecule has 0 fully saturated rings. The third-order valence-corrected chi connectivity index (χ3v) is 1.25. The molecule has 0 saturated carbocycles. The van der Waals surface area contributed by atoms with E-state index in [2.05, 4.69) is 9.47 Å². The highest BCUT2D eigenvalue weighted by Gasteiger charge is 2.04. The van der Waals surface area contributed by atoms with E-state index in [0.29, 0.717) is 0 Å². The summed E-state index contributed by atoms with van der Waals surface area (Å²) in [4.78, 5) is 20.7. The Kier molecular flexibility index (Phi) is 3.49. The molecular formula is C9H7O5-. The van der Waals surface area contributed by atoms with Gasteiger partial charge in [-0.15, -0.1) is 0 Å². The Bertz CT molecular complexity index is 319. The second kappa shape index (κ2) is 4.86. The van der Waals surface area contributed by atoms with Gasteiger partial charge in [0.15, 0.2) is 0 Å². The minimum absolute atomic E-state index is 0.288. The number of benzene rings is 1. The Labute approximate surface area is 79.9 Å². The fraction of sp³-hybridized carbons (Fsp3) is 0.111. The Morgan fingerprint density at radius 2 is 1.86 bits per heavy atom. The molecule has 0 bridgehead atoms. The SMILES string of the molecule is O=C([O-])COC(=O)Oc1ccccc1. The summed E-state index contributed by atoms with van der Waals surface area (Å²) in [5, 5.41) is 9.91. The topological polar surface area (TPSA) is 75.7 Å². The molecule has 1 aromatic carbocycles. The average Bonchev–Trinajstić information content (AvgIpc) is 2.16. The lowest BCUT2D eigenvalue weighted by Gasteiger charge is -2.05. The molecule has 0 saturated heterocycles. The minimum Gasteiger partial charge on any atom is -0.546 e. The predicted octanol–water partition coefficient (Wildman–Crippen LogP) is -0.0481. The van der Waals surface area contributed by atoms with Gasteiger partial charge in [0, 0.05) is 0 Å². The molecule has 14 heavy (non-hydrogen) atoms. The maximum absolute atomic E-state index is 10.8. The number of ether oxygens (including phenoxy) is 2. The van der Waals surface area contributed by atoms with E-state index in [-0.39, 0.29) is 5.75 Å². The number of aliphatic carboxylic acids is 1. The number of carbonyl (C=O) groups excluding carboxylic acids is 2. The molecule has 0 atom stereocenters. The largest absolute Gasteiger partial charge is 0.546 e. The Morgan fingerprint density at radius 3 is 2.43 bits per heavy atom. The number of carboxylic acid groups (broad SMARTS) is 1. The van der Waals surface area contributed by atoms with Crippen molar-refractivity contribution in [3.63, 3.8) is 0 Å². The van der Waals surface area contributed by atoms with Crippen molar-refractivity contribution in [1.29, 1.82) is 0 Å². The lowest BCUT2D eigenvalue weighted by atomic mass is 10.3. The van der Waals surface area contributed by atoms with Gasteiger partial charge in [-0.25, -0.2) is 4.79 Å². The van der Waals surface area contributed by atoms with E-state index >= 15 is 0 Å². The van der Waals surface area contributed by atoms with Crippen LogP contribution in [-0.2, 0) is 9.53 Å². The molecule has 1 rings (SSSR count). The average molecular weight is 195 g/mol. The fourth-order valence-electron chi connectivity index (χ4n) is 0.732.